The third-order valence-corrected chi connectivity index (χ3v) is 5.03. The number of rotatable bonds is 7. The number of hydrogen-bond acceptors (Lipinski definition) is 4. The molecule has 2 heterocycles. The van der Waals surface area contributed by atoms with Crippen LogP contribution < -0.4 is 5.56 Å². The van der Waals surface area contributed by atoms with Crippen molar-refractivity contribution in [2.45, 2.75) is 32.0 Å². The second-order valence-electron chi connectivity index (χ2n) is 6.27. The van der Waals surface area contributed by atoms with Gasteiger partial charge in [-0.25, -0.2) is 4.98 Å². The van der Waals surface area contributed by atoms with Crippen molar-refractivity contribution in [2.75, 3.05) is 19.5 Å². The number of methoxy groups -OCH3 is 1. The number of aromatic nitrogens is 3. The van der Waals surface area contributed by atoms with E-state index in [-0.39, 0.29) is 5.56 Å². The fourth-order valence-electron chi connectivity index (χ4n) is 2.65. The van der Waals surface area contributed by atoms with Crippen molar-refractivity contribution >= 4 is 33.7 Å². The molecule has 5 nitrogen and oxygen atoms in total. The first-order chi connectivity index (χ1) is 11.6. The van der Waals surface area contributed by atoms with Gasteiger partial charge < -0.3 is 9.72 Å². The van der Waals surface area contributed by atoms with Gasteiger partial charge in [-0.1, -0.05) is 43.8 Å². The molecule has 0 aliphatic carbocycles. The summed E-state index contributed by atoms with van der Waals surface area (Å²) in [5.41, 5.74) is 2.25. The molecule has 24 heavy (non-hydrogen) atoms. The predicted octanol–water partition coefficient (Wildman–Crippen LogP) is 3.66. The van der Waals surface area contributed by atoms with E-state index >= 15 is 0 Å². The van der Waals surface area contributed by atoms with E-state index in [9.17, 15) is 4.79 Å². The molecule has 3 rings (SSSR count). The normalized spacial score (nSPS) is 11.8. The topological polar surface area (TPSA) is 59.9 Å². The van der Waals surface area contributed by atoms with Gasteiger partial charge in [0.1, 0.15) is 11.0 Å². The summed E-state index contributed by atoms with van der Waals surface area (Å²) in [4.78, 5) is 21.0. The highest BCUT2D eigenvalue weighted by Crippen LogP contribution is 2.25. The Morgan fingerprint density at radius 1 is 1.33 bits per heavy atom. The van der Waals surface area contributed by atoms with Gasteiger partial charge in [-0.2, -0.15) is 0 Å². The Balaban J connectivity index is 2.11. The van der Waals surface area contributed by atoms with Gasteiger partial charge in [0.05, 0.1) is 13.2 Å². The fraction of sp³-hybridized carbons (Fsp3) is 0.444. The molecule has 2 aromatic heterocycles. The monoisotopic (exact) mass is 345 g/mol. The van der Waals surface area contributed by atoms with E-state index in [1.54, 1.807) is 23.4 Å². The largest absolute Gasteiger partial charge is 0.383 e. The summed E-state index contributed by atoms with van der Waals surface area (Å²) in [5, 5.41) is 1.77. The third-order valence-electron chi connectivity index (χ3n) is 4.02. The molecular weight excluding hydrogens is 322 g/mol. The van der Waals surface area contributed by atoms with Crippen LogP contribution in [0.1, 0.15) is 20.3 Å². The number of fused-ring (bicyclic) bond motifs is 3. The smallest absolute Gasteiger partial charge is 0.278 e. The molecule has 128 valence electrons. The summed E-state index contributed by atoms with van der Waals surface area (Å²) >= 11 is 1.65. The summed E-state index contributed by atoms with van der Waals surface area (Å²) in [7, 11) is 1.64. The van der Waals surface area contributed by atoms with Crippen molar-refractivity contribution in [3.63, 3.8) is 0 Å². The first-order valence-electron chi connectivity index (χ1n) is 8.24. The summed E-state index contributed by atoms with van der Waals surface area (Å²) in [6, 6.07) is 7.91. The van der Waals surface area contributed by atoms with E-state index < -0.39 is 0 Å². The zero-order valence-electron chi connectivity index (χ0n) is 14.3. The minimum Gasteiger partial charge on any atom is -0.383 e. The molecule has 0 amide bonds. The third kappa shape index (κ3) is 3.35. The first kappa shape index (κ1) is 17.0. The molecule has 0 aliphatic heterocycles. The first-order valence-corrected chi connectivity index (χ1v) is 9.23. The van der Waals surface area contributed by atoms with E-state index in [4.69, 9.17) is 9.72 Å². The van der Waals surface area contributed by atoms with E-state index in [0.29, 0.717) is 24.6 Å². The molecule has 0 atom stereocenters. The van der Waals surface area contributed by atoms with Crippen LogP contribution in [0.5, 0.6) is 0 Å². The Labute approximate surface area is 145 Å². The second kappa shape index (κ2) is 7.40. The Morgan fingerprint density at radius 2 is 2.12 bits per heavy atom. The van der Waals surface area contributed by atoms with E-state index in [0.717, 1.165) is 33.7 Å². The van der Waals surface area contributed by atoms with Crippen molar-refractivity contribution < 1.29 is 4.74 Å². The molecule has 0 fully saturated rings. The van der Waals surface area contributed by atoms with Crippen LogP contribution in [-0.4, -0.2) is 34.0 Å². The Kier molecular flexibility index (Phi) is 5.26. The maximum absolute atomic E-state index is 12.9. The van der Waals surface area contributed by atoms with Gasteiger partial charge in [0.15, 0.2) is 5.16 Å². The second-order valence-corrected chi connectivity index (χ2v) is 7.33. The summed E-state index contributed by atoms with van der Waals surface area (Å²) in [5.74, 6) is 1.58. The highest BCUT2D eigenvalue weighted by Gasteiger charge is 2.15. The maximum atomic E-state index is 12.9. The summed E-state index contributed by atoms with van der Waals surface area (Å²) in [6.45, 7) is 5.41. The van der Waals surface area contributed by atoms with Crippen LogP contribution in [0.4, 0.5) is 0 Å². The quantitative estimate of drug-likeness (QED) is 0.524. The minimum absolute atomic E-state index is 0.0275. The average Bonchev–Trinajstić information content (AvgIpc) is 2.93. The molecule has 0 spiro atoms. The number of para-hydroxylation sites is 1. The van der Waals surface area contributed by atoms with Crippen molar-refractivity contribution in [2.24, 2.45) is 5.92 Å². The Bertz CT molecular complexity index is 898. The zero-order chi connectivity index (χ0) is 17.1. The average molecular weight is 345 g/mol. The number of hydrogen-bond donors (Lipinski definition) is 1. The standard InChI is InChI=1S/C18H23N3O2S/c1-12(2)8-11-24-18-20-15-13-6-4-5-7-14(13)19-16(15)17(22)21(18)9-10-23-3/h4-7,12,19H,8-11H2,1-3H3. The van der Waals surface area contributed by atoms with Gasteiger partial charge in [0.2, 0.25) is 0 Å². The summed E-state index contributed by atoms with van der Waals surface area (Å²) in [6.07, 6.45) is 1.09. The molecular formula is C18H23N3O2S. The number of benzene rings is 1. The molecule has 0 unspecified atom stereocenters. The number of H-pyrrole nitrogens is 1. The molecule has 1 aromatic carbocycles. The lowest BCUT2D eigenvalue weighted by Gasteiger charge is -2.12. The predicted molar refractivity (Wildman–Crippen MR) is 99.9 cm³/mol. The Hall–Kier alpha value is -1.79. The lowest BCUT2D eigenvalue weighted by atomic mass is 10.2. The minimum atomic E-state index is -0.0275. The molecule has 0 radical (unpaired) electrons. The maximum Gasteiger partial charge on any atom is 0.278 e. The molecule has 6 heteroatoms. The summed E-state index contributed by atoms with van der Waals surface area (Å²) < 4.78 is 6.89. The SMILES string of the molecule is COCCn1c(SCCC(C)C)nc2c([nH]c3ccccc32)c1=O. The van der Waals surface area contributed by atoms with Crippen LogP contribution in [0.3, 0.4) is 0 Å². The molecule has 3 aromatic rings. The van der Waals surface area contributed by atoms with E-state index in [2.05, 4.69) is 18.8 Å². The number of thioether (sulfide) groups is 1. The van der Waals surface area contributed by atoms with Crippen LogP contribution >= 0.6 is 11.8 Å². The van der Waals surface area contributed by atoms with Gasteiger partial charge in [-0.3, -0.25) is 9.36 Å². The number of aromatic amines is 1. The van der Waals surface area contributed by atoms with Crippen LogP contribution in [0.25, 0.3) is 21.9 Å². The lowest BCUT2D eigenvalue weighted by molar-refractivity contribution is 0.183. The van der Waals surface area contributed by atoms with Crippen LogP contribution in [0, 0.1) is 5.92 Å². The van der Waals surface area contributed by atoms with Gasteiger partial charge >= 0.3 is 0 Å². The number of nitrogens with zero attached hydrogens (tertiary/aromatic N) is 2. The number of ether oxygens (including phenoxy) is 1. The van der Waals surface area contributed by atoms with Gasteiger partial charge in [-0.05, 0) is 18.4 Å². The fourth-order valence-corrected chi connectivity index (χ4v) is 3.91. The number of nitrogens with one attached hydrogen (secondary N) is 1. The van der Waals surface area contributed by atoms with Crippen LogP contribution in [0.2, 0.25) is 0 Å². The van der Waals surface area contributed by atoms with E-state index in [1.807, 2.05) is 24.3 Å². The van der Waals surface area contributed by atoms with Crippen molar-refractivity contribution in [3.05, 3.63) is 34.6 Å². The molecule has 1 N–H and O–H groups in total. The van der Waals surface area contributed by atoms with Crippen LogP contribution in [-0.2, 0) is 11.3 Å². The highest BCUT2D eigenvalue weighted by atomic mass is 32.2. The lowest BCUT2D eigenvalue weighted by Crippen LogP contribution is -2.25. The van der Waals surface area contributed by atoms with Gasteiger partial charge in [0.25, 0.3) is 5.56 Å². The Morgan fingerprint density at radius 3 is 2.88 bits per heavy atom. The molecule has 0 saturated heterocycles. The van der Waals surface area contributed by atoms with Crippen LogP contribution in [0.15, 0.2) is 34.2 Å². The van der Waals surface area contributed by atoms with Crippen molar-refractivity contribution in [3.8, 4) is 0 Å². The van der Waals surface area contributed by atoms with Crippen molar-refractivity contribution in [1.29, 1.82) is 0 Å². The highest BCUT2D eigenvalue weighted by molar-refractivity contribution is 7.99. The molecule has 0 bridgehead atoms. The van der Waals surface area contributed by atoms with Gasteiger partial charge in [-0.15, -0.1) is 0 Å². The van der Waals surface area contributed by atoms with Gasteiger partial charge in [0, 0.05) is 23.8 Å². The van der Waals surface area contributed by atoms with E-state index in [1.165, 1.54) is 0 Å². The molecule has 0 saturated carbocycles. The molecule has 0 aliphatic rings. The van der Waals surface area contributed by atoms with Crippen molar-refractivity contribution in [1.82, 2.24) is 14.5 Å². The zero-order valence-corrected chi connectivity index (χ0v) is 15.2.